The standard InChI is InChI=1S/C17H22N2O.C2H6/c1-11-12(2)18-14-10-8-7-9-13(14)15(11)16(20)19(6)17(3,4)5;1-2/h7-10H,1-6H3;1-2H3. The van der Waals surface area contributed by atoms with Crippen molar-refractivity contribution in [3.05, 3.63) is 41.1 Å². The highest BCUT2D eigenvalue weighted by Crippen LogP contribution is 2.26. The Morgan fingerprint density at radius 1 is 1.09 bits per heavy atom. The normalized spacial score (nSPS) is 10.9. The number of aromatic nitrogens is 1. The molecule has 2 rings (SSSR count). The second-order valence-corrected chi connectivity index (χ2v) is 6.25. The van der Waals surface area contributed by atoms with Crippen molar-refractivity contribution in [1.29, 1.82) is 0 Å². The van der Waals surface area contributed by atoms with E-state index in [0.29, 0.717) is 0 Å². The molecule has 1 aromatic heterocycles. The lowest BCUT2D eigenvalue weighted by Gasteiger charge is -2.33. The van der Waals surface area contributed by atoms with Crippen molar-refractivity contribution in [2.45, 2.75) is 54.0 Å². The minimum Gasteiger partial charge on any atom is -0.337 e. The molecule has 0 atom stereocenters. The number of para-hydroxylation sites is 1. The Morgan fingerprint density at radius 3 is 2.18 bits per heavy atom. The van der Waals surface area contributed by atoms with Gasteiger partial charge in [-0.15, -0.1) is 0 Å². The summed E-state index contributed by atoms with van der Waals surface area (Å²) in [5.41, 5.74) is 3.31. The molecule has 120 valence electrons. The molecule has 0 radical (unpaired) electrons. The Bertz CT molecular complexity index is 669. The maximum atomic E-state index is 12.9. The van der Waals surface area contributed by atoms with Crippen molar-refractivity contribution >= 4 is 16.8 Å². The SMILES string of the molecule is CC.Cc1nc2ccccc2c(C(=O)N(C)C(C)(C)C)c1C. The number of aryl methyl sites for hydroxylation is 1. The summed E-state index contributed by atoms with van der Waals surface area (Å²) in [5.74, 6) is 0.0525. The number of fused-ring (bicyclic) bond motifs is 1. The summed E-state index contributed by atoms with van der Waals surface area (Å²) in [5, 5.41) is 0.928. The molecule has 1 amide bonds. The Labute approximate surface area is 134 Å². The highest BCUT2D eigenvalue weighted by molar-refractivity contribution is 6.07. The molecule has 0 saturated carbocycles. The highest BCUT2D eigenvalue weighted by atomic mass is 16.2. The quantitative estimate of drug-likeness (QED) is 0.761. The Balaban J connectivity index is 0.00000116. The van der Waals surface area contributed by atoms with E-state index in [9.17, 15) is 4.79 Å². The van der Waals surface area contributed by atoms with Crippen LogP contribution < -0.4 is 0 Å². The number of amides is 1. The molecule has 22 heavy (non-hydrogen) atoms. The largest absolute Gasteiger partial charge is 0.337 e. The maximum absolute atomic E-state index is 12.9. The van der Waals surface area contributed by atoms with Crippen LogP contribution in [0, 0.1) is 13.8 Å². The first kappa shape index (κ1) is 18.1. The number of hydrogen-bond acceptors (Lipinski definition) is 2. The van der Waals surface area contributed by atoms with Gasteiger partial charge in [-0.3, -0.25) is 9.78 Å². The van der Waals surface area contributed by atoms with Crippen molar-refractivity contribution in [2.24, 2.45) is 0 Å². The molecule has 0 saturated heterocycles. The molecule has 3 heteroatoms. The summed E-state index contributed by atoms with van der Waals surface area (Å²) in [6.45, 7) is 14.0. The third-order valence-electron chi connectivity index (χ3n) is 3.90. The molecular formula is C19H28N2O. The number of pyridine rings is 1. The van der Waals surface area contributed by atoms with Gasteiger partial charge < -0.3 is 4.90 Å². The highest BCUT2D eigenvalue weighted by Gasteiger charge is 2.26. The van der Waals surface area contributed by atoms with Crippen molar-refractivity contribution < 1.29 is 4.79 Å². The van der Waals surface area contributed by atoms with E-state index in [0.717, 1.165) is 27.7 Å². The first-order chi connectivity index (χ1) is 10.2. The van der Waals surface area contributed by atoms with E-state index in [4.69, 9.17) is 0 Å². The van der Waals surface area contributed by atoms with Gasteiger partial charge in [0, 0.05) is 23.7 Å². The van der Waals surface area contributed by atoms with Crippen molar-refractivity contribution in [3.63, 3.8) is 0 Å². The number of rotatable bonds is 1. The van der Waals surface area contributed by atoms with Gasteiger partial charge in [-0.25, -0.2) is 0 Å². The van der Waals surface area contributed by atoms with Gasteiger partial charge >= 0.3 is 0 Å². The molecule has 0 aliphatic carbocycles. The summed E-state index contributed by atoms with van der Waals surface area (Å²) >= 11 is 0. The molecule has 3 nitrogen and oxygen atoms in total. The molecule has 0 N–H and O–H groups in total. The molecule has 0 spiro atoms. The smallest absolute Gasteiger partial charge is 0.255 e. The zero-order valence-electron chi connectivity index (χ0n) is 15.1. The molecule has 0 unspecified atom stereocenters. The van der Waals surface area contributed by atoms with E-state index in [1.54, 1.807) is 4.90 Å². The summed E-state index contributed by atoms with van der Waals surface area (Å²) in [7, 11) is 1.85. The van der Waals surface area contributed by atoms with Crippen LogP contribution in [0.1, 0.15) is 56.2 Å². The van der Waals surface area contributed by atoms with E-state index in [1.165, 1.54) is 0 Å². The van der Waals surface area contributed by atoms with Gasteiger partial charge in [0.15, 0.2) is 0 Å². The fraction of sp³-hybridized carbons (Fsp3) is 0.474. The topological polar surface area (TPSA) is 33.2 Å². The number of carbonyl (C=O) groups excluding carboxylic acids is 1. The van der Waals surface area contributed by atoms with E-state index >= 15 is 0 Å². The molecule has 1 heterocycles. The van der Waals surface area contributed by atoms with Crippen LogP contribution in [-0.4, -0.2) is 28.4 Å². The number of benzene rings is 1. The second-order valence-electron chi connectivity index (χ2n) is 6.25. The van der Waals surface area contributed by atoms with E-state index < -0.39 is 0 Å². The van der Waals surface area contributed by atoms with Crippen LogP contribution in [0.3, 0.4) is 0 Å². The average molecular weight is 300 g/mol. The lowest BCUT2D eigenvalue weighted by molar-refractivity contribution is 0.0657. The second kappa shape index (κ2) is 6.91. The Kier molecular flexibility index (Phi) is 5.70. The molecule has 1 aromatic carbocycles. The fourth-order valence-electron chi connectivity index (χ4n) is 2.18. The van der Waals surface area contributed by atoms with Gasteiger partial charge in [-0.1, -0.05) is 32.0 Å². The predicted molar refractivity (Wildman–Crippen MR) is 94.4 cm³/mol. The minimum atomic E-state index is -0.207. The van der Waals surface area contributed by atoms with Crippen molar-refractivity contribution in [2.75, 3.05) is 7.05 Å². The van der Waals surface area contributed by atoms with Crippen LogP contribution in [-0.2, 0) is 0 Å². The van der Waals surface area contributed by atoms with Crippen molar-refractivity contribution in [1.82, 2.24) is 9.88 Å². The van der Waals surface area contributed by atoms with Crippen LogP contribution in [0.2, 0.25) is 0 Å². The average Bonchev–Trinajstić information content (AvgIpc) is 2.48. The van der Waals surface area contributed by atoms with E-state index in [2.05, 4.69) is 4.98 Å². The predicted octanol–water partition coefficient (Wildman–Crippen LogP) is 4.75. The van der Waals surface area contributed by atoms with Gasteiger partial charge in [-0.2, -0.15) is 0 Å². The lowest BCUT2D eigenvalue weighted by atomic mass is 9.98. The lowest BCUT2D eigenvalue weighted by Crippen LogP contribution is -2.42. The first-order valence-corrected chi connectivity index (χ1v) is 7.87. The summed E-state index contributed by atoms with van der Waals surface area (Å²) in [4.78, 5) is 19.2. The summed E-state index contributed by atoms with van der Waals surface area (Å²) < 4.78 is 0. The molecule has 0 bridgehead atoms. The van der Waals surface area contributed by atoms with E-state index in [-0.39, 0.29) is 11.4 Å². The maximum Gasteiger partial charge on any atom is 0.255 e. The number of carbonyl (C=O) groups is 1. The molecular weight excluding hydrogens is 272 g/mol. The van der Waals surface area contributed by atoms with Crippen LogP contribution in [0.15, 0.2) is 24.3 Å². The number of hydrogen-bond donors (Lipinski definition) is 0. The molecule has 0 aliphatic heterocycles. The van der Waals surface area contributed by atoms with Gasteiger partial charge in [-0.05, 0) is 46.2 Å². The van der Waals surface area contributed by atoms with Crippen LogP contribution >= 0.6 is 0 Å². The zero-order chi connectivity index (χ0) is 17.1. The van der Waals surface area contributed by atoms with Gasteiger partial charge in [0.1, 0.15) is 0 Å². The molecule has 2 aromatic rings. The van der Waals surface area contributed by atoms with Crippen molar-refractivity contribution in [3.8, 4) is 0 Å². The minimum absolute atomic E-state index is 0.0525. The van der Waals surface area contributed by atoms with Crippen LogP contribution in [0.4, 0.5) is 0 Å². The van der Waals surface area contributed by atoms with E-state index in [1.807, 2.05) is 79.8 Å². The Morgan fingerprint density at radius 2 is 1.64 bits per heavy atom. The Hall–Kier alpha value is -1.90. The van der Waals surface area contributed by atoms with Gasteiger partial charge in [0.05, 0.1) is 11.1 Å². The first-order valence-electron chi connectivity index (χ1n) is 7.87. The third kappa shape index (κ3) is 3.46. The van der Waals surface area contributed by atoms with Crippen LogP contribution in [0.5, 0.6) is 0 Å². The summed E-state index contributed by atoms with van der Waals surface area (Å²) in [6, 6.07) is 7.83. The van der Waals surface area contributed by atoms with Crippen LogP contribution in [0.25, 0.3) is 10.9 Å². The number of nitrogens with zero attached hydrogens (tertiary/aromatic N) is 2. The van der Waals surface area contributed by atoms with Gasteiger partial charge in [0.25, 0.3) is 5.91 Å². The monoisotopic (exact) mass is 300 g/mol. The summed E-state index contributed by atoms with van der Waals surface area (Å²) in [6.07, 6.45) is 0. The third-order valence-corrected chi connectivity index (χ3v) is 3.90. The zero-order valence-corrected chi connectivity index (χ0v) is 15.1. The fourth-order valence-corrected chi connectivity index (χ4v) is 2.18. The molecule has 0 fully saturated rings. The molecule has 0 aliphatic rings. The van der Waals surface area contributed by atoms with Gasteiger partial charge in [0.2, 0.25) is 0 Å².